The highest BCUT2D eigenvalue weighted by atomic mass is 16.5. The summed E-state index contributed by atoms with van der Waals surface area (Å²) < 4.78 is 12.8. The van der Waals surface area contributed by atoms with E-state index in [2.05, 4.69) is 5.32 Å². The molecule has 0 radical (unpaired) electrons. The van der Waals surface area contributed by atoms with Crippen LogP contribution >= 0.6 is 0 Å². The van der Waals surface area contributed by atoms with Crippen LogP contribution < -0.4 is 19.7 Å². The molecule has 0 atom stereocenters. The van der Waals surface area contributed by atoms with Crippen LogP contribution in [0, 0.1) is 13.8 Å². The Morgan fingerprint density at radius 2 is 1.49 bits per heavy atom. The molecule has 0 bridgehead atoms. The Kier molecular flexibility index (Phi) is 8.29. The first kappa shape index (κ1) is 29.1. The zero-order chi connectivity index (χ0) is 30.7. The number of methoxy groups -OCH3 is 1. The number of aryl methyl sites for hydroxylation is 2. The molecular formula is C35H34N4O4. The van der Waals surface area contributed by atoms with E-state index < -0.39 is 5.97 Å². The SMILES string of the molecule is COc1ccc(C(=O)Nc2ccc(-c3c(-c4ccc(N(C)C)cc4)nn(-c4cc(C)ccc4C)c3OC(C)=O)cc2)cc1. The molecule has 5 aromatic rings. The molecule has 0 aliphatic rings. The van der Waals surface area contributed by atoms with Crippen LogP contribution in [0.4, 0.5) is 11.4 Å². The number of hydrogen-bond acceptors (Lipinski definition) is 6. The summed E-state index contributed by atoms with van der Waals surface area (Å²) in [6.45, 7) is 5.39. The molecule has 1 N–H and O–H groups in total. The number of hydrogen-bond donors (Lipinski definition) is 1. The summed E-state index contributed by atoms with van der Waals surface area (Å²) in [4.78, 5) is 27.3. The normalized spacial score (nSPS) is 10.7. The largest absolute Gasteiger partial charge is 0.497 e. The average Bonchev–Trinajstić information content (AvgIpc) is 3.36. The van der Waals surface area contributed by atoms with Gasteiger partial charge < -0.3 is 19.7 Å². The Balaban J connectivity index is 1.61. The molecule has 1 heterocycles. The second-order valence-corrected chi connectivity index (χ2v) is 10.5. The monoisotopic (exact) mass is 574 g/mol. The molecule has 0 unspecified atom stereocenters. The number of rotatable bonds is 8. The number of esters is 1. The van der Waals surface area contributed by atoms with E-state index in [0.717, 1.165) is 33.6 Å². The van der Waals surface area contributed by atoms with Gasteiger partial charge in [-0.25, -0.2) is 0 Å². The summed E-state index contributed by atoms with van der Waals surface area (Å²) in [6, 6.07) is 28.5. The second kappa shape index (κ2) is 12.2. The van der Waals surface area contributed by atoms with E-state index in [4.69, 9.17) is 14.6 Å². The van der Waals surface area contributed by atoms with Gasteiger partial charge in [0, 0.05) is 43.5 Å². The van der Waals surface area contributed by atoms with E-state index in [9.17, 15) is 9.59 Å². The van der Waals surface area contributed by atoms with Crippen LogP contribution in [0.15, 0.2) is 91.0 Å². The minimum atomic E-state index is -0.453. The van der Waals surface area contributed by atoms with Crippen LogP contribution in [0.2, 0.25) is 0 Å². The molecule has 4 aromatic carbocycles. The molecule has 43 heavy (non-hydrogen) atoms. The number of nitrogens with one attached hydrogen (secondary N) is 1. The van der Waals surface area contributed by atoms with Crippen molar-refractivity contribution in [3.8, 4) is 39.7 Å². The van der Waals surface area contributed by atoms with Gasteiger partial charge in [0.05, 0.1) is 18.4 Å². The summed E-state index contributed by atoms with van der Waals surface area (Å²) in [5, 5.41) is 7.97. The second-order valence-electron chi connectivity index (χ2n) is 10.5. The smallest absolute Gasteiger partial charge is 0.309 e. The summed E-state index contributed by atoms with van der Waals surface area (Å²) in [5.41, 5.74) is 8.03. The van der Waals surface area contributed by atoms with Crippen molar-refractivity contribution in [2.45, 2.75) is 20.8 Å². The summed E-state index contributed by atoms with van der Waals surface area (Å²) in [5.74, 6) is 0.312. The van der Waals surface area contributed by atoms with Gasteiger partial charge in [-0.05, 0) is 85.1 Å². The number of carbonyl (C=O) groups excluding carboxylic acids is 2. The highest BCUT2D eigenvalue weighted by molar-refractivity contribution is 6.04. The van der Waals surface area contributed by atoms with E-state index >= 15 is 0 Å². The zero-order valence-corrected chi connectivity index (χ0v) is 25.1. The molecule has 218 valence electrons. The van der Waals surface area contributed by atoms with Crippen LogP contribution in [0.25, 0.3) is 28.1 Å². The van der Waals surface area contributed by atoms with Crippen molar-refractivity contribution in [2.24, 2.45) is 0 Å². The maximum atomic E-state index is 12.9. The maximum Gasteiger partial charge on any atom is 0.309 e. The Bertz CT molecular complexity index is 1770. The van der Waals surface area contributed by atoms with Gasteiger partial charge in [-0.2, -0.15) is 9.78 Å². The highest BCUT2D eigenvalue weighted by Crippen LogP contribution is 2.42. The number of ether oxygens (including phenoxy) is 2. The number of benzene rings is 4. The van der Waals surface area contributed by atoms with Gasteiger partial charge in [-0.15, -0.1) is 0 Å². The van der Waals surface area contributed by atoms with Gasteiger partial charge in [0.1, 0.15) is 11.4 Å². The first-order chi connectivity index (χ1) is 20.6. The van der Waals surface area contributed by atoms with Gasteiger partial charge in [0.2, 0.25) is 5.88 Å². The molecule has 0 saturated heterocycles. The van der Waals surface area contributed by atoms with Crippen molar-refractivity contribution in [1.82, 2.24) is 9.78 Å². The van der Waals surface area contributed by atoms with Crippen molar-refractivity contribution in [3.05, 3.63) is 108 Å². The lowest BCUT2D eigenvalue weighted by molar-refractivity contribution is -0.132. The van der Waals surface area contributed by atoms with E-state index in [1.165, 1.54) is 6.92 Å². The van der Waals surface area contributed by atoms with Crippen molar-refractivity contribution in [3.63, 3.8) is 0 Å². The van der Waals surface area contributed by atoms with Crippen LogP contribution in [0.3, 0.4) is 0 Å². The minimum Gasteiger partial charge on any atom is -0.497 e. The van der Waals surface area contributed by atoms with E-state index in [0.29, 0.717) is 34.1 Å². The molecule has 1 amide bonds. The highest BCUT2D eigenvalue weighted by Gasteiger charge is 2.25. The fraction of sp³-hybridized carbons (Fsp3) is 0.171. The molecule has 0 aliphatic carbocycles. The van der Waals surface area contributed by atoms with Crippen molar-refractivity contribution in [1.29, 1.82) is 0 Å². The standard InChI is InChI=1S/C35H34N4O4/c1-22-7-8-23(2)31(21-22)39-35(43-24(3)40)32(33(37-39)26-11-17-29(18-12-26)38(4)5)25-9-15-28(16-10-25)36-34(41)27-13-19-30(42-6)20-14-27/h7-21H,1-6H3,(H,36,41). The average molecular weight is 575 g/mol. The van der Waals surface area contributed by atoms with Crippen molar-refractivity contribution in [2.75, 3.05) is 31.4 Å². The molecule has 5 rings (SSSR count). The lowest BCUT2D eigenvalue weighted by Crippen LogP contribution is -2.11. The minimum absolute atomic E-state index is 0.236. The predicted octanol–water partition coefficient (Wildman–Crippen LogP) is 7.08. The third kappa shape index (κ3) is 6.28. The van der Waals surface area contributed by atoms with Crippen LogP contribution in [0.5, 0.6) is 11.6 Å². The van der Waals surface area contributed by atoms with E-state index in [-0.39, 0.29) is 5.91 Å². The Morgan fingerprint density at radius 3 is 2.09 bits per heavy atom. The van der Waals surface area contributed by atoms with Gasteiger partial charge in [0.25, 0.3) is 5.91 Å². The fourth-order valence-corrected chi connectivity index (χ4v) is 4.79. The summed E-state index contributed by atoms with van der Waals surface area (Å²) in [6.07, 6.45) is 0. The summed E-state index contributed by atoms with van der Waals surface area (Å²) >= 11 is 0. The van der Waals surface area contributed by atoms with Crippen LogP contribution in [-0.2, 0) is 4.79 Å². The number of aromatic nitrogens is 2. The van der Waals surface area contributed by atoms with Crippen molar-refractivity contribution < 1.29 is 19.1 Å². The zero-order valence-electron chi connectivity index (χ0n) is 25.1. The quantitative estimate of drug-likeness (QED) is 0.200. The molecule has 0 aliphatic heterocycles. The van der Waals surface area contributed by atoms with Gasteiger partial charge in [-0.3, -0.25) is 9.59 Å². The summed E-state index contributed by atoms with van der Waals surface area (Å²) in [7, 11) is 5.56. The number of nitrogens with zero attached hydrogens (tertiary/aromatic N) is 3. The van der Waals surface area contributed by atoms with Gasteiger partial charge in [0.15, 0.2) is 0 Å². The molecule has 0 saturated carbocycles. The van der Waals surface area contributed by atoms with Crippen LogP contribution in [0.1, 0.15) is 28.4 Å². The Labute approximate surface area is 251 Å². The molecule has 8 heteroatoms. The lowest BCUT2D eigenvalue weighted by Gasteiger charge is -2.13. The number of anilines is 2. The van der Waals surface area contributed by atoms with Crippen molar-refractivity contribution >= 4 is 23.3 Å². The topological polar surface area (TPSA) is 85.7 Å². The fourth-order valence-electron chi connectivity index (χ4n) is 4.79. The third-order valence-corrected chi connectivity index (χ3v) is 7.12. The molecule has 8 nitrogen and oxygen atoms in total. The van der Waals surface area contributed by atoms with E-state index in [1.807, 2.05) is 99.6 Å². The molecule has 0 spiro atoms. The molecule has 1 aromatic heterocycles. The third-order valence-electron chi connectivity index (χ3n) is 7.12. The predicted molar refractivity (Wildman–Crippen MR) is 170 cm³/mol. The molecular weight excluding hydrogens is 540 g/mol. The van der Waals surface area contributed by atoms with Gasteiger partial charge in [-0.1, -0.05) is 36.4 Å². The lowest BCUT2D eigenvalue weighted by atomic mass is 10.0. The molecule has 0 fully saturated rings. The Morgan fingerprint density at radius 1 is 0.837 bits per heavy atom. The maximum absolute atomic E-state index is 12.9. The van der Waals surface area contributed by atoms with Crippen LogP contribution in [-0.4, -0.2) is 42.9 Å². The first-order valence-electron chi connectivity index (χ1n) is 13.9. The number of amides is 1. The first-order valence-corrected chi connectivity index (χ1v) is 13.9. The van der Waals surface area contributed by atoms with E-state index in [1.54, 1.807) is 36.1 Å². The van der Waals surface area contributed by atoms with Gasteiger partial charge >= 0.3 is 5.97 Å². The number of carbonyl (C=O) groups is 2. The Hall–Kier alpha value is -5.37.